The van der Waals surface area contributed by atoms with Gasteiger partial charge >= 0.3 is 17.6 Å². The molecule has 0 unspecified atom stereocenters. The van der Waals surface area contributed by atoms with Crippen LogP contribution in [-0.2, 0) is 14.3 Å². The number of esters is 1. The highest BCUT2D eigenvalue weighted by atomic mass is 16.6. The summed E-state index contributed by atoms with van der Waals surface area (Å²) in [6.45, 7) is 0.627. The molecular formula is C24H23N3O7. The van der Waals surface area contributed by atoms with Gasteiger partial charge in [-0.3, -0.25) is 4.79 Å². The maximum Gasteiger partial charge on any atom is 0.344 e. The van der Waals surface area contributed by atoms with Crippen molar-refractivity contribution in [1.29, 1.82) is 0 Å². The molecule has 10 heteroatoms. The van der Waals surface area contributed by atoms with Crippen molar-refractivity contribution in [2.24, 2.45) is 0 Å². The molecule has 1 saturated heterocycles. The smallest absolute Gasteiger partial charge is 0.344 e. The number of hydrogen-bond donors (Lipinski definition) is 1. The topological polar surface area (TPSA) is 118 Å². The highest BCUT2D eigenvalue weighted by Crippen LogP contribution is 2.19. The molecule has 0 bridgehead atoms. The van der Waals surface area contributed by atoms with Crippen LogP contribution in [0, 0.1) is 0 Å². The number of para-hydroxylation sites is 1. The van der Waals surface area contributed by atoms with Crippen molar-refractivity contribution in [2.45, 2.75) is 0 Å². The molecule has 10 nitrogen and oxygen atoms in total. The number of nitrogens with one attached hydrogen (secondary N) is 1. The molecule has 0 saturated carbocycles. The van der Waals surface area contributed by atoms with Gasteiger partial charge in [0, 0.05) is 49.4 Å². The van der Waals surface area contributed by atoms with Crippen molar-refractivity contribution in [2.75, 3.05) is 44.7 Å². The van der Waals surface area contributed by atoms with E-state index in [1.165, 1.54) is 12.1 Å². The fourth-order valence-corrected chi connectivity index (χ4v) is 3.43. The van der Waals surface area contributed by atoms with Crippen LogP contribution in [0.15, 0.2) is 69.9 Å². The molecule has 1 fully saturated rings. The molecule has 34 heavy (non-hydrogen) atoms. The lowest BCUT2D eigenvalue weighted by atomic mass is 10.2. The van der Waals surface area contributed by atoms with Crippen molar-refractivity contribution in [1.82, 2.24) is 9.80 Å². The molecule has 176 valence electrons. The summed E-state index contributed by atoms with van der Waals surface area (Å²) in [6.07, 6.45) is 0. The van der Waals surface area contributed by atoms with Gasteiger partial charge in [-0.2, -0.15) is 0 Å². The Balaban J connectivity index is 1.18. The van der Waals surface area contributed by atoms with Crippen LogP contribution in [0.2, 0.25) is 0 Å². The highest BCUT2D eigenvalue weighted by molar-refractivity contribution is 5.89. The number of rotatable bonds is 6. The van der Waals surface area contributed by atoms with Crippen LogP contribution in [0.5, 0.6) is 5.75 Å². The lowest BCUT2D eigenvalue weighted by Crippen LogP contribution is -2.52. The molecule has 1 N–H and O–H groups in total. The molecule has 3 aromatic rings. The lowest BCUT2D eigenvalue weighted by Gasteiger charge is -2.34. The van der Waals surface area contributed by atoms with E-state index >= 15 is 0 Å². The Hall–Kier alpha value is -4.34. The van der Waals surface area contributed by atoms with Crippen molar-refractivity contribution >= 4 is 34.6 Å². The Morgan fingerprint density at radius 1 is 0.882 bits per heavy atom. The number of fused-ring (bicyclic) bond motifs is 1. The molecule has 1 aliphatic rings. The first-order valence-corrected chi connectivity index (χ1v) is 10.7. The SMILES string of the molecule is O=C(COc1ccc2ccc(=O)oc2c1)OCC(=O)N1CCN(C(=O)Nc2ccccc2)CC1. The van der Waals surface area contributed by atoms with E-state index < -0.39 is 24.8 Å². The number of anilines is 1. The number of amides is 3. The van der Waals surface area contributed by atoms with E-state index in [9.17, 15) is 19.2 Å². The van der Waals surface area contributed by atoms with Gasteiger partial charge in [0.15, 0.2) is 13.2 Å². The Morgan fingerprint density at radius 2 is 1.59 bits per heavy atom. The second-order valence-electron chi connectivity index (χ2n) is 7.57. The first-order valence-electron chi connectivity index (χ1n) is 10.7. The fourth-order valence-electron chi connectivity index (χ4n) is 3.43. The van der Waals surface area contributed by atoms with Gasteiger partial charge in [0.05, 0.1) is 0 Å². The second-order valence-corrected chi connectivity index (χ2v) is 7.57. The predicted octanol–water partition coefficient (Wildman–Crippen LogP) is 2.09. The van der Waals surface area contributed by atoms with Crippen LogP contribution < -0.4 is 15.7 Å². The zero-order valence-electron chi connectivity index (χ0n) is 18.3. The molecule has 2 heterocycles. The number of ether oxygens (including phenoxy) is 2. The van der Waals surface area contributed by atoms with E-state index in [-0.39, 0.29) is 11.9 Å². The van der Waals surface area contributed by atoms with Gasteiger partial charge in [-0.15, -0.1) is 0 Å². The second kappa shape index (κ2) is 10.5. The Morgan fingerprint density at radius 3 is 2.35 bits per heavy atom. The number of piperazine rings is 1. The number of urea groups is 1. The average molecular weight is 465 g/mol. The predicted molar refractivity (Wildman–Crippen MR) is 123 cm³/mol. The summed E-state index contributed by atoms with van der Waals surface area (Å²) in [5.74, 6) is -0.720. The number of nitrogens with zero attached hydrogens (tertiary/aromatic N) is 2. The molecule has 0 radical (unpaired) electrons. The van der Waals surface area contributed by atoms with E-state index in [1.807, 2.05) is 18.2 Å². The maximum atomic E-state index is 12.4. The molecular weight excluding hydrogens is 442 g/mol. The Kier molecular flexibility index (Phi) is 7.07. The molecule has 1 aliphatic heterocycles. The monoisotopic (exact) mass is 465 g/mol. The zero-order chi connectivity index (χ0) is 23.9. The van der Waals surface area contributed by atoms with Gasteiger partial charge in [0.1, 0.15) is 11.3 Å². The number of carbonyl (C=O) groups excluding carboxylic acids is 3. The molecule has 0 aliphatic carbocycles. The summed E-state index contributed by atoms with van der Waals surface area (Å²) in [4.78, 5) is 51.2. The minimum atomic E-state index is -0.705. The van der Waals surface area contributed by atoms with E-state index in [4.69, 9.17) is 13.9 Å². The summed E-state index contributed by atoms with van der Waals surface area (Å²) in [5, 5.41) is 3.53. The van der Waals surface area contributed by atoms with E-state index in [0.717, 1.165) is 5.39 Å². The van der Waals surface area contributed by atoms with E-state index in [2.05, 4.69) is 5.32 Å². The zero-order valence-corrected chi connectivity index (χ0v) is 18.3. The van der Waals surface area contributed by atoms with Crippen LogP contribution in [0.25, 0.3) is 11.0 Å². The van der Waals surface area contributed by atoms with Crippen LogP contribution in [0.3, 0.4) is 0 Å². The third kappa shape index (κ3) is 5.91. The van der Waals surface area contributed by atoms with Crippen molar-refractivity contribution in [3.63, 3.8) is 0 Å². The Bertz CT molecular complexity index is 1230. The largest absolute Gasteiger partial charge is 0.482 e. The summed E-state index contributed by atoms with van der Waals surface area (Å²) in [7, 11) is 0. The minimum absolute atomic E-state index is 0.227. The average Bonchev–Trinajstić information content (AvgIpc) is 2.86. The third-order valence-electron chi connectivity index (χ3n) is 5.25. The van der Waals surface area contributed by atoms with Crippen LogP contribution in [0.1, 0.15) is 0 Å². The standard InChI is InChI=1S/C24H23N3O7/c28-21(26-10-12-27(13-11-26)24(31)25-18-4-2-1-3-5-18)15-33-23(30)16-32-19-8-6-17-7-9-22(29)34-20(17)14-19/h1-9,14H,10-13,15-16H2,(H,25,31). The normalized spacial score (nSPS) is 13.4. The van der Waals surface area contributed by atoms with Gasteiger partial charge in [-0.1, -0.05) is 18.2 Å². The molecule has 0 spiro atoms. The van der Waals surface area contributed by atoms with Gasteiger partial charge in [0.25, 0.3) is 5.91 Å². The molecule has 2 aromatic carbocycles. The maximum absolute atomic E-state index is 12.4. The quantitative estimate of drug-likeness (QED) is 0.437. The fraction of sp³-hybridized carbons (Fsp3) is 0.250. The minimum Gasteiger partial charge on any atom is -0.482 e. The van der Waals surface area contributed by atoms with E-state index in [1.54, 1.807) is 40.1 Å². The van der Waals surface area contributed by atoms with Gasteiger partial charge in [-0.05, 0) is 30.3 Å². The van der Waals surface area contributed by atoms with Gasteiger partial charge < -0.3 is 29.0 Å². The van der Waals surface area contributed by atoms with Crippen molar-refractivity contribution in [3.8, 4) is 5.75 Å². The first kappa shape index (κ1) is 22.8. The van der Waals surface area contributed by atoms with Gasteiger partial charge in [0.2, 0.25) is 0 Å². The summed E-state index contributed by atoms with van der Waals surface area (Å²) >= 11 is 0. The molecule has 4 rings (SSSR count). The Labute approximate surface area is 194 Å². The van der Waals surface area contributed by atoms with Crippen LogP contribution in [-0.4, -0.2) is 67.1 Å². The first-order chi connectivity index (χ1) is 16.5. The summed E-state index contributed by atoms with van der Waals surface area (Å²) in [5.41, 5.74) is 0.554. The number of hydrogen-bond acceptors (Lipinski definition) is 7. The third-order valence-corrected chi connectivity index (χ3v) is 5.25. The van der Waals surface area contributed by atoms with Gasteiger partial charge in [-0.25, -0.2) is 14.4 Å². The molecule has 3 amide bonds. The number of carbonyl (C=O) groups is 3. The van der Waals surface area contributed by atoms with E-state index in [0.29, 0.717) is 43.2 Å². The van der Waals surface area contributed by atoms with Crippen LogP contribution in [0.4, 0.5) is 10.5 Å². The van der Waals surface area contributed by atoms with Crippen molar-refractivity contribution in [3.05, 3.63) is 71.1 Å². The molecule has 0 atom stereocenters. The van der Waals surface area contributed by atoms with Crippen LogP contribution >= 0.6 is 0 Å². The van der Waals surface area contributed by atoms with Crippen molar-refractivity contribution < 1.29 is 28.3 Å². The number of benzene rings is 2. The lowest BCUT2D eigenvalue weighted by molar-refractivity contribution is -0.154. The summed E-state index contributed by atoms with van der Waals surface area (Å²) in [6, 6.07) is 16.7. The molecule has 1 aromatic heterocycles. The highest BCUT2D eigenvalue weighted by Gasteiger charge is 2.25. The summed E-state index contributed by atoms with van der Waals surface area (Å²) < 4.78 is 15.5.